The minimum atomic E-state index is -0.585. The molecule has 0 saturated carbocycles. The van der Waals surface area contributed by atoms with Crippen LogP contribution in [0.4, 0.5) is 5.69 Å². The zero-order valence-electron chi connectivity index (χ0n) is 12.1. The maximum Gasteiger partial charge on any atom is 0.271 e. The normalized spacial score (nSPS) is 9.52. The standard InChI is InChI=1S/C16H11N3O4/c1-2-22-16-7-11(9-17)3-5-15(16)23-14-6-4-13(19(20)21)8-12(14)10-18/h3-8H,2H2,1H3. The third-order valence-corrected chi connectivity index (χ3v) is 2.89. The van der Waals surface area contributed by atoms with Gasteiger partial charge in [-0.25, -0.2) is 0 Å². The van der Waals surface area contributed by atoms with E-state index in [2.05, 4.69) is 0 Å². The molecule has 2 rings (SSSR count). The van der Waals surface area contributed by atoms with Gasteiger partial charge in [-0.05, 0) is 25.1 Å². The number of nitrogens with zero attached hydrogens (tertiary/aromatic N) is 3. The number of ether oxygens (including phenoxy) is 2. The number of non-ortho nitro benzene ring substituents is 1. The lowest BCUT2D eigenvalue weighted by molar-refractivity contribution is -0.384. The summed E-state index contributed by atoms with van der Waals surface area (Å²) in [6.45, 7) is 2.16. The van der Waals surface area contributed by atoms with Crippen LogP contribution in [0.5, 0.6) is 17.2 Å². The maximum atomic E-state index is 10.8. The predicted octanol–water partition coefficient (Wildman–Crippen LogP) is 3.53. The highest BCUT2D eigenvalue weighted by molar-refractivity contribution is 5.54. The predicted molar refractivity (Wildman–Crippen MR) is 80.2 cm³/mol. The van der Waals surface area contributed by atoms with E-state index in [-0.39, 0.29) is 17.0 Å². The van der Waals surface area contributed by atoms with Gasteiger partial charge in [0.15, 0.2) is 11.5 Å². The summed E-state index contributed by atoms with van der Waals surface area (Å²) in [4.78, 5) is 10.2. The van der Waals surface area contributed by atoms with Crippen molar-refractivity contribution < 1.29 is 14.4 Å². The third kappa shape index (κ3) is 3.55. The van der Waals surface area contributed by atoms with Crippen molar-refractivity contribution in [1.29, 1.82) is 10.5 Å². The molecular formula is C16H11N3O4. The highest BCUT2D eigenvalue weighted by Gasteiger charge is 2.14. The van der Waals surface area contributed by atoms with Gasteiger partial charge in [0, 0.05) is 18.2 Å². The molecule has 114 valence electrons. The summed E-state index contributed by atoms with van der Waals surface area (Å²) in [5.74, 6) is 0.841. The van der Waals surface area contributed by atoms with Gasteiger partial charge in [0.1, 0.15) is 17.4 Å². The van der Waals surface area contributed by atoms with E-state index in [0.717, 1.165) is 6.07 Å². The molecule has 0 fully saturated rings. The first kappa shape index (κ1) is 15.8. The van der Waals surface area contributed by atoms with Crippen LogP contribution in [-0.2, 0) is 0 Å². The van der Waals surface area contributed by atoms with Crippen LogP contribution in [-0.4, -0.2) is 11.5 Å². The van der Waals surface area contributed by atoms with Crippen molar-refractivity contribution in [2.75, 3.05) is 6.61 Å². The maximum absolute atomic E-state index is 10.8. The Morgan fingerprint density at radius 1 is 1.09 bits per heavy atom. The lowest BCUT2D eigenvalue weighted by Gasteiger charge is -2.12. The number of hydrogen-bond donors (Lipinski definition) is 0. The number of hydrogen-bond acceptors (Lipinski definition) is 6. The van der Waals surface area contributed by atoms with Crippen molar-refractivity contribution in [3.05, 3.63) is 57.6 Å². The van der Waals surface area contributed by atoms with Crippen molar-refractivity contribution in [3.63, 3.8) is 0 Å². The van der Waals surface area contributed by atoms with Crippen LogP contribution in [0.2, 0.25) is 0 Å². The molecular weight excluding hydrogens is 298 g/mol. The monoisotopic (exact) mass is 309 g/mol. The molecule has 0 saturated heterocycles. The molecule has 0 heterocycles. The van der Waals surface area contributed by atoms with Gasteiger partial charge in [0.2, 0.25) is 0 Å². The Labute approximate surface area is 132 Å². The molecule has 7 heteroatoms. The Hall–Kier alpha value is -3.58. The van der Waals surface area contributed by atoms with Crippen LogP contribution in [0, 0.1) is 32.8 Å². The topological polar surface area (TPSA) is 109 Å². The van der Waals surface area contributed by atoms with Crippen LogP contribution in [0.3, 0.4) is 0 Å². The first-order chi connectivity index (χ1) is 11.1. The minimum Gasteiger partial charge on any atom is -0.490 e. The Morgan fingerprint density at radius 2 is 1.83 bits per heavy atom. The van der Waals surface area contributed by atoms with Crippen molar-refractivity contribution in [2.24, 2.45) is 0 Å². The fourth-order valence-corrected chi connectivity index (χ4v) is 1.86. The fourth-order valence-electron chi connectivity index (χ4n) is 1.86. The molecule has 0 unspecified atom stereocenters. The second kappa shape index (κ2) is 6.92. The molecule has 0 aromatic heterocycles. The molecule has 0 spiro atoms. The first-order valence-corrected chi connectivity index (χ1v) is 6.62. The van der Waals surface area contributed by atoms with E-state index in [1.54, 1.807) is 19.1 Å². The summed E-state index contributed by atoms with van der Waals surface area (Å²) in [6, 6.07) is 12.2. The largest absolute Gasteiger partial charge is 0.490 e. The number of nitro benzene ring substituents is 1. The van der Waals surface area contributed by atoms with Gasteiger partial charge in [0.25, 0.3) is 5.69 Å². The Kier molecular flexibility index (Phi) is 4.75. The fraction of sp³-hybridized carbons (Fsp3) is 0.125. The summed E-state index contributed by atoms with van der Waals surface area (Å²) >= 11 is 0. The lowest BCUT2D eigenvalue weighted by Crippen LogP contribution is -1.97. The number of benzene rings is 2. The summed E-state index contributed by atoms with van der Waals surface area (Å²) in [5, 5.41) is 28.8. The van der Waals surface area contributed by atoms with E-state index in [9.17, 15) is 10.1 Å². The van der Waals surface area contributed by atoms with Crippen molar-refractivity contribution >= 4 is 5.69 Å². The second-order valence-corrected chi connectivity index (χ2v) is 4.36. The summed E-state index contributed by atoms with van der Waals surface area (Å²) in [7, 11) is 0. The zero-order valence-corrected chi connectivity index (χ0v) is 12.1. The molecule has 0 aliphatic rings. The first-order valence-electron chi connectivity index (χ1n) is 6.62. The molecule has 0 N–H and O–H groups in total. The van der Waals surface area contributed by atoms with Gasteiger partial charge in [-0.3, -0.25) is 10.1 Å². The lowest BCUT2D eigenvalue weighted by atomic mass is 10.2. The zero-order chi connectivity index (χ0) is 16.8. The van der Waals surface area contributed by atoms with Gasteiger partial charge in [-0.15, -0.1) is 0 Å². The number of rotatable bonds is 5. The van der Waals surface area contributed by atoms with Gasteiger partial charge in [-0.2, -0.15) is 10.5 Å². The average molecular weight is 309 g/mol. The SMILES string of the molecule is CCOc1cc(C#N)ccc1Oc1ccc([N+](=O)[O-])cc1C#N. The molecule has 2 aromatic carbocycles. The molecule has 0 atom stereocenters. The quantitative estimate of drug-likeness (QED) is 0.617. The number of nitriles is 2. The van der Waals surface area contributed by atoms with Crippen LogP contribution in [0.25, 0.3) is 0 Å². The smallest absolute Gasteiger partial charge is 0.271 e. The van der Waals surface area contributed by atoms with Crippen LogP contribution < -0.4 is 9.47 Å². The Bertz CT molecular complexity index is 834. The van der Waals surface area contributed by atoms with E-state index in [4.69, 9.17) is 20.0 Å². The van der Waals surface area contributed by atoms with E-state index in [1.165, 1.54) is 18.2 Å². The molecule has 0 bridgehead atoms. The van der Waals surface area contributed by atoms with Crippen LogP contribution in [0.15, 0.2) is 36.4 Å². The molecule has 0 amide bonds. The molecule has 2 aromatic rings. The number of nitro groups is 1. The van der Waals surface area contributed by atoms with Gasteiger partial charge >= 0.3 is 0 Å². The molecule has 23 heavy (non-hydrogen) atoms. The van der Waals surface area contributed by atoms with E-state index in [0.29, 0.717) is 23.7 Å². The highest BCUT2D eigenvalue weighted by Crippen LogP contribution is 2.35. The Balaban J connectivity index is 2.41. The highest BCUT2D eigenvalue weighted by atomic mass is 16.6. The summed E-state index contributed by atoms with van der Waals surface area (Å²) < 4.78 is 11.1. The van der Waals surface area contributed by atoms with Gasteiger partial charge in [-0.1, -0.05) is 0 Å². The molecule has 0 aliphatic carbocycles. The minimum absolute atomic E-state index is 0.0333. The van der Waals surface area contributed by atoms with Crippen LogP contribution in [0.1, 0.15) is 18.1 Å². The third-order valence-electron chi connectivity index (χ3n) is 2.89. The second-order valence-electron chi connectivity index (χ2n) is 4.36. The van der Waals surface area contributed by atoms with E-state index >= 15 is 0 Å². The Morgan fingerprint density at radius 3 is 2.43 bits per heavy atom. The van der Waals surface area contributed by atoms with E-state index < -0.39 is 4.92 Å². The van der Waals surface area contributed by atoms with Crippen molar-refractivity contribution in [2.45, 2.75) is 6.92 Å². The van der Waals surface area contributed by atoms with Crippen molar-refractivity contribution in [3.8, 4) is 29.4 Å². The molecule has 7 nitrogen and oxygen atoms in total. The van der Waals surface area contributed by atoms with Gasteiger partial charge in [0.05, 0.1) is 23.2 Å². The molecule has 0 aliphatic heterocycles. The summed E-state index contributed by atoms with van der Waals surface area (Å²) in [6.07, 6.45) is 0. The molecule has 0 radical (unpaired) electrons. The average Bonchev–Trinajstić information content (AvgIpc) is 2.56. The van der Waals surface area contributed by atoms with Gasteiger partial charge < -0.3 is 9.47 Å². The van der Waals surface area contributed by atoms with E-state index in [1.807, 2.05) is 12.1 Å². The summed E-state index contributed by atoms with van der Waals surface area (Å²) in [5.41, 5.74) is 0.245. The van der Waals surface area contributed by atoms with Crippen molar-refractivity contribution in [1.82, 2.24) is 0 Å². The van der Waals surface area contributed by atoms with Crippen LogP contribution >= 0.6 is 0 Å².